The highest BCUT2D eigenvalue weighted by Crippen LogP contribution is 2.41. The van der Waals surface area contributed by atoms with Gasteiger partial charge >= 0.3 is 0 Å². The quantitative estimate of drug-likeness (QED) is 0.759. The fourth-order valence-corrected chi connectivity index (χ4v) is 2.84. The van der Waals surface area contributed by atoms with Gasteiger partial charge < -0.3 is 10.2 Å². The molecule has 2 aliphatic rings. The van der Waals surface area contributed by atoms with Gasteiger partial charge in [0.05, 0.1) is 16.0 Å². The van der Waals surface area contributed by atoms with Crippen LogP contribution in [0.15, 0.2) is 33.2 Å². The van der Waals surface area contributed by atoms with Crippen LogP contribution in [0, 0.1) is 0 Å². The topological polar surface area (TPSA) is 32.3 Å². The second-order valence-corrected chi connectivity index (χ2v) is 5.01. The lowest BCUT2D eigenvalue weighted by Crippen LogP contribution is -2.24. The molecule has 0 aromatic carbocycles. The third kappa shape index (κ3) is 1.92. The minimum absolute atomic E-state index is 0.0215. The van der Waals surface area contributed by atoms with Crippen molar-refractivity contribution in [1.82, 2.24) is 10.2 Å². The number of carbonyl (C=O) groups is 1. The maximum atomic E-state index is 11.7. The monoisotopic (exact) mass is 242 g/mol. The van der Waals surface area contributed by atoms with E-state index in [4.69, 9.17) is 11.6 Å². The zero-order chi connectivity index (χ0) is 11.0. The van der Waals surface area contributed by atoms with Gasteiger partial charge in [-0.15, -0.1) is 0 Å². The number of nitrogens with one attached hydrogen (secondary N) is 1. The Hall–Kier alpha value is -0.870. The average molecular weight is 243 g/mol. The molecule has 0 bridgehead atoms. The molecular weight excluding hydrogens is 232 g/mol. The van der Waals surface area contributed by atoms with Crippen LogP contribution in [0.2, 0.25) is 0 Å². The van der Waals surface area contributed by atoms with Crippen LogP contribution < -0.4 is 5.32 Å². The molecule has 0 aliphatic carbocycles. The zero-order valence-electron chi connectivity index (χ0n) is 8.45. The number of dihydropyridines is 1. The SMILES string of the molecule is CN(C)C(=O)C1=CC2NC=CC(Cl)=C2S1. The Labute approximate surface area is 97.8 Å². The van der Waals surface area contributed by atoms with Crippen molar-refractivity contribution in [3.8, 4) is 0 Å². The van der Waals surface area contributed by atoms with E-state index >= 15 is 0 Å². The smallest absolute Gasteiger partial charge is 0.259 e. The Morgan fingerprint density at radius 3 is 2.93 bits per heavy atom. The summed E-state index contributed by atoms with van der Waals surface area (Å²) in [6.45, 7) is 0. The fraction of sp³-hybridized carbons (Fsp3) is 0.300. The van der Waals surface area contributed by atoms with Gasteiger partial charge in [-0.2, -0.15) is 0 Å². The highest BCUT2D eigenvalue weighted by molar-refractivity contribution is 8.08. The number of carbonyl (C=O) groups excluding carboxylic acids is 1. The van der Waals surface area contributed by atoms with Crippen LogP contribution in [0.1, 0.15) is 0 Å². The summed E-state index contributed by atoms with van der Waals surface area (Å²) >= 11 is 7.48. The lowest BCUT2D eigenvalue weighted by molar-refractivity contribution is -0.123. The fourth-order valence-electron chi connectivity index (χ4n) is 1.41. The van der Waals surface area contributed by atoms with E-state index in [1.165, 1.54) is 11.8 Å². The highest BCUT2D eigenvalue weighted by Gasteiger charge is 2.29. The minimum atomic E-state index is 0.0215. The maximum absolute atomic E-state index is 11.7. The van der Waals surface area contributed by atoms with Gasteiger partial charge in [-0.25, -0.2) is 0 Å². The Balaban J connectivity index is 2.23. The van der Waals surface area contributed by atoms with Gasteiger partial charge in [0.2, 0.25) is 0 Å². The van der Waals surface area contributed by atoms with Crippen molar-refractivity contribution < 1.29 is 4.79 Å². The first-order valence-corrected chi connectivity index (χ1v) is 5.72. The highest BCUT2D eigenvalue weighted by atomic mass is 35.5. The molecule has 1 N–H and O–H groups in total. The number of nitrogens with zero attached hydrogens (tertiary/aromatic N) is 1. The number of amides is 1. The lowest BCUT2D eigenvalue weighted by Gasteiger charge is -2.15. The van der Waals surface area contributed by atoms with Gasteiger partial charge in [0.15, 0.2) is 0 Å². The van der Waals surface area contributed by atoms with Crippen LogP contribution in [0.4, 0.5) is 0 Å². The second kappa shape index (κ2) is 3.94. The summed E-state index contributed by atoms with van der Waals surface area (Å²) in [5, 5.41) is 3.85. The summed E-state index contributed by atoms with van der Waals surface area (Å²) in [6.07, 6.45) is 5.52. The van der Waals surface area contributed by atoms with E-state index < -0.39 is 0 Å². The Morgan fingerprint density at radius 2 is 2.33 bits per heavy atom. The molecule has 0 fully saturated rings. The Bertz CT molecular complexity index is 398. The van der Waals surface area contributed by atoms with Gasteiger partial charge in [0.25, 0.3) is 5.91 Å². The first kappa shape index (κ1) is 10.6. The van der Waals surface area contributed by atoms with Crippen LogP contribution in [0.25, 0.3) is 0 Å². The van der Waals surface area contributed by atoms with Crippen molar-refractivity contribution >= 4 is 29.3 Å². The summed E-state index contributed by atoms with van der Waals surface area (Å²) in [4.78, 5) is 15.0. The number of hydrogen-bond donors (Lipinski definition) is 1. The van der Waals surface area contributed by atoms with Gasteiger partial charge in [0, 0.05) is 19.0 Å². The molecule has 1 atom stereocenters. The lowest BCUT2D eigenvalue weighted by atomic mass is 10.2. The predicted molar refractivity (Wildman–Crippen MR) is 63.3 cm³/mol. The summed E-state index contributed by atoms with van der Waals surface area (Å²) in [5.74, 6) is 0.0215. The molecule has 1 amide bonds. The maximum Gasteiger partial charge on any atom is 0.259 e. The van der Waals surface area contributed by atoms with E-state index in [-0.39, 0.29) is 11.9 Å². The van der Waals surface area contributed by atoms with Gasteiger partial charge in [-0.3, -0.25) is 4.79 Å². The van der Waals surface area contributed by atoms with Gasteiger partial charge in [0.1, 0.15) is 0 Å². The van der Waals surface area contributed by atoms with Crippen LogP contribution in [-0.4, -0.2) is 30.9 Å². The van der Waals surface area contributed by atoms with E-state index in [1.807, 2.05) is 6.08 Å². The molecule has 5 heteroatoms. The average Bonchev–Trinajstić information content (AvgIpc) is 2.61. The number of thioether (sulfide) groups is 1. The van der Waals surface area contributed by atoms with Crippen molar-refractivity contribution in [2.45, 2.75) is 6.04 Å². The normalized spacial score (nSPS) is 23.4. The molecule has 0 aromatic heterocycles. The molecule has 80 valence electrons. The van der Waals surface area contributed by atoms with Crippen molar-refractivity contribution in [1.29, 1.82) is 0 Å². The molecule has 15 heavy (non-hydrogen) atoms. The summed E-state index contributed by atoms with van der Waals surface area (Å²) in [6, 6.07) is 0.0615. The molecule has 3 nitrogen and oxygen atoms in total. The van der Waals surface area contributed by atoms with E-state index in [1.54, 1.807) is 31.3 Å². The third-order valence-electron chi connectivity index (χ3n) is 2.18. The molecule has 1 unspecified atom stereocenters. The van der Waals surface area contributed by atoms with E-state index in [9.17, 15) is 4.79 Å². The van der Waals surface area contributed by atoms with Crippen LogP contribution in [0.5, 0.6) is 0 Å². The number of hydrogen-bond acceptors (Lipinski definition) is 3. The first-order chi connectivity index (χ1) is 7.09. The van der Waals surface area contributed by atoms with E-state index in [2.05, 4.69) is 5.32 Å². The predicted octanol–water partition coefficient (Wildman–Crippen LogP) is 1.64. The number of likely N-dealkylation sites (N-methyl/N-ethyl adjacent to an activating group) is 1. The van der Waals surface area contributed by atoms with E-state index in [0.717, 1.165) is 9.81 Å². The van der Waals surface area contributed by atoms with Crippen molar-refractivity contribution in [3.05, 3.63) is 33.2 Å². The Kier molecular flexibility index (Phi) is 2.80. The van der Waals surface area contributed by atoms with E-state index in [0.29, 0.717) is 5.03 Å². The molecular formula is C10H11ClN2OS. The molecule has 0 saturated heterocycles. The molecule has 0 spiro atoms. The second-order valence-electron chi connectivity index (χ2n) is 3.52. The van der Waals surface area contributed by atoms with Gasteiger partial charge in [-0.05, 0) is 18.4 Å². The number of fused-ring (bicyclic) bond motifs is 1. The molecule has 2 heterocycles. The standard InChI is InChI=1S/C10H11ClN2OS/c1-13(2)10(14)8-5-7-9(15-8)6(11)3-4-12-7/h3-5,7,12H,1-2H3. The number of allylic oxidation sites excluding steroid dienone is 2. The third-order valence-corrected chi connectivity index (χ3v) is 3.84. The van der Waals surface area contributed by atoms with Crippen molar-refractivity contribution in [2.24, 2.45) is 0 Å². The van der Waals surface area contributed by atoms with Gasteiger partial charge in [-0.1, -0.05) is 23.4 Å². The Morgan fingerprint density at radius 1 is 1.60 bits per heavy atom. The summed E-state index contributed by atoms with van der Waals surface area (Å²) in [7, 11) is 3.49. The van der Waals surface area contributed by atoms with Crippen LogP contribution in [-0.2, 0) is 4.79 Å². The number of rotatable bonds is 1. The summed E-state index contributed by atoms with van der Waals surface area (Å²) in [5.41, 5.74) is 0. The zero-order valence-corrected chi connectivity index (χ0v) is 10.0. The molecule has 0 aromatic rings. The first-order valence-electron chi connectivity index (χ1n) is 4.53. The minimum Gasteiger partial charge on any atom is -0.380 e. The van der Waals surface area contributed by atoms with Crippen LogP contribution in [0.3, 0.4) is 0 Å². The number of halogens is 1. The molecule has 2 rings (SSSR count). The summed E-state index contributed by atoms with van der Waals surface area (Å²) < 4.78 is 0. The van der Waals surface area contributed by atoms with Crippen LogP contribution >= 0.6 is 23.4 Å². The molecule has 2 aliphatic heterocycles. The van der Waals surface area contributed by atoms with Crippen molar-refractivity contribution in [2.75, 3.05) is 14.1 Å². The largest absolute Gasteiger partial charge is 0.380 e. The molecule has 0 radical (unpaired) electrons. The molecule has 0 saturated carbocycles. The van der Waals surface area contributed by atoms with Crippen molar-refractivity contribution in [3.63, 3.8) is 0 Å².